The van der Waals surface area contributed by atoms with Gasteiger partial charge in [-0.2, -0.15) is 0 Å². The van der Waals surface area contributed by atoms with Gasteiger partial charge in [-0.05, 0) is 37.3 Å². The molecule has 144 valence electrons. The molecule has 1 N–H and O–H groups in total. The molecular formula is C20H17ClFN3O2S. The van der Waals surface area contributed by atoms with Crippen molar-refractivity contribution in [3.8, 4) is 10.6 Å². The molecule has 28 heavy (non-hydrogen) atoms. The van der Waals surface area contributed by atoms with E-state index >= 15 is 0 Å². The number of carbonyl (C=O) groups excluding carboxylic acids is 2. The first-order chi connectivity index (χ1) is 13.3. The van der Waals surface area contributed by atoms with Crippen molar-refractivity contribution in [2.75, 3.05) is 18.9 Å². The molecule has 0 radical (unpaired) electrons. The summed E-state index contributed by atoms with van der Waals surface area (Å²) < 4.78 is 13.2. The molecule has 5 nitrogen and oxygen atoms in total. The second-order valence-electron chi connectivity index (χ2n) is 6.16. The van der Waals surface area contributed by atoms with Gasteiger partial charge >= 0.3 is 0 Å². The Morgan fingerprint density at radius 3 is 2.61 bits per heavy atom. The Morgan fingerprint density at radius 1 is 1.21 bits per heavy atom. The summed E-state index contributed by atoms with van der Waals surface area (Å²) in [4.78, 5) is 31.1. The summed E-state index contributed by atoms with van der Waals surface area (Å²) in [7, 11) is 1.54. The predicted octanol–water partition coefficient (Wildman–Crippen LogP) is 4.62. The number of carbonyl (C=O) groups is 2. The lowest BCUT2D eigenvalue weighted by atomic mass is 10.2. The Kier molecular flexibility index (Phi) is 6.06. The van der Waals surface area contributed by atoms with E-state index in [4.69, 9.17) is 11.6 Å². The summed E-state index contributed by atoms with van der Waals surface area (Å²) in [5.74, 6) is -1.16. The highest BCUT2D eigenvalue weighted by molar-refractivity contribution is 7.17. The Morgan fingerprint density at radius 2 is 1.93 bits per heavy atom. The van der Waals surface area contributed by atoms with E-state index in [2.05, 4.69) is 10.3 Å². The monoisotopic (exact) mass is 417 g/mol. The fraction of sp³-hybridized carbons (Fsp3) is 0.150. The van der Waals surface area contributed by atoms with Gasteiger partial charge in [0, 0.05) is 23.3 Å². The van der Waals surface area contributed by atoms with E-state index in [0.717, 1.165) is 5.56 Å². The predicted molar refractivity (Wildman–Crippen MR) is 109 cm³/mol. The Balaban J connectivity index is 1.69. The van der Waals surface area contributed by atoms with Crippen molar-refractivity contribution in [1.82, 2.24) is 9.88 Å². The molecule has 1 heterocycles. The molecule has 3 rings (SSSR count). The number of thiazole rings is 1. The van der Waals surface area contributed by atoms with Crippen LogP contribution in [0.15, 0.2) is 48.5 Å². The minimum Gasteiger partial charge on any atom is -0.332 e. The van der Waals surface area contributed by atoms with Crippen molar-refractivity contribution in [2.24, 2.45) is 0 Å². The van der Waals surface area contributed by atoms with Crippen LogP contribution in [0.4, 0.5) is 10.1 Å². The van der Waals surface area contributed by atoms with Crippen LogP contribution in [0, 0.1) is 12.7 Å². The molecule has 0 spiro atoms. The Hall–Kier alpha value is -2.77. The maximum absolute atomic E-state index is 13.2. The number of nitrogens with one attached hydrogen (secondary N) is 1. The summed E-state index contributed by atoms with van der Waals surface area (Å²) in [5, 5.41) is 3.90. The first kappa shape index (κ1) is 20.0. The summed E-state index contributed by atoms with van der Waals surface area (Å²) in [6.07, 6.45) is 0. The molecule has 0 bridgehead atoms. The molecule has 8 heteroatoms. The number of halogens is 2. The smallest absolute Gasteiger partial charge is 0.266 e. The zero-order valence-corrected chi connectivity index (χ0v) is 16.8. The van der Waals surface area contributed by atoms with Gasteiger partial charge in [0.15, 0.2) is 0 Å². The van der Waals surface area contributed by atoms with Crippen LogP contribution < -0.4 is 5.32 Å². The molecule has 2 aromatic carbocycles. The van der Waals surface area contributed by atoms with E-state index in [1.54, 1.807) is 25.1 Å². The number of hydrogen-bond acceptors (Lipinski definition) is 4. The van der Waals surface area contributed by atoms with Gasteiger partial charge in [-0.15, -0.1) is 11.3 Å². The van der Waals surface area contributed by atoms with Crippen LogP contribution in [0.1, 0.15) is 15.4 Å². The molecular weight excluding hydrogens is 401 g/mol. The van der Waals surface area contributed by atoms with E-state index in [9.17, 15) is 14.0 Å². The van der Waals surface area contributed by atoms with Crippen molar-refractivity contribution < 1.29 is 14.0 Å². The van der Waals surface area contributed by atoms with Crippen LogP contribution in [-0.4, -0.2) is 35.3 Å². The van der Waals surface area contributed by atoms with Crippen LogP contribution in [0.25, 0.3) is 10.6 Å². The largest absolute Gasteiger partial charge is 0.332 e. The van der Waals surface area contributed by atoms with Crippen LogP contribution in [0.5, 0.6) is 0 Å². The molecule has 0 aliphatic carbocycles. The number of rotatable bonds is 5. The molecule has 2 amide bonds. The third-order valence-corrected chi connectivity index (χ3v) is 5.36. The van der Waals surface area contributed by atoms with Crippen LogP contribution >= 0.6 is 22.9 Å². The first-order valence-corrected chi connectivity index (χ1v) is 9.57. The van der Waals surface area contributed by atoms with Crippen molar-refractivity contribution >= 4 is 40.4 Å². The Bertz CT molecular complexity index is 1020. The first-order valence-electron chi connectivity index (χ1n) is 8.38. The average Bonchev–Trinajstić information content (AvgIpc) is 3.03. The number of likely N-dealkylation sites (N-methyl/N-ethyl adjacent to an activating group) is 1. The second-order valence-corrected chi connectivity index (χ2v) is 7.60. The van der Waals surface area contributed by atoms with E-state index in [1.807, 2.05) is 12.1 Å². The lowest BCUT2D eigenvalue weighted by Gasteiger charge is -2.16. The summed E-state index contributed by atoms with van der Waals surface area (Å²) >= 11 is 7.17. The number of aryl methyl sites for hydroxylation is 1. The van der Waals surface area contributed by atoms with Gasteiger partial charge in [0.1, 0.15) is 15.7 Å². The van der Waals surface area contributed by atoms with E-state index in [1.165, 1.54) is 41.5 Å². The highest BCUT2D eigenvalue weighted by Gasteiger charge is 2.21. The molecule has 0 saturated carbocycles. The molecule has 0 unspecified atom stereocenters. The minimum atomic E-state index is -0.447. The van der Waals surface area contributed by atoms with Crippen molar-refractivity contribution in [3.63, 3.8) is 0 Å². The number of anilines is 1. The van der Waals surface area contributed by atoms with Gasteiger partial charge in [0.2, 0.25) is 5.91 Å². The zero-order chi connectivity index (χ0) is 20.3. The van der Waals surface area contributed by atoms with E-state index in [0.29, 0.717) is 26.3 Å². The molecule has 0 aliphatic heterocycles. The van der Waals surface area contributed by atoms with E-state index in [-0.39, 0.29) is 12.5 Å². The Labute approximate surface area is 170 Å². The lowest BCUT2D eigenvalue weighted by Crippen LogP contribution is -2.34. The molecule has 1 aromatic heterocycles. The van der Waals surface area contributed by atoms with Gasteiger partial charge in [0.05, 0.1) is 12.2 Å². The third kappa shape index (κ3) is 4.74. The second kappa shape index (κ2) is 8.50. The van der Waals surface area contributed by atoms with Gasteiger partial charge < -0.3 is 10.2 Å². The van der Waals surface area contributed by atoms with Crippen LogP contribution in [0.3, 0.4) is 0 Å². The molecule has 0 aliphatic rings. The fourth-order valence-electron chi connectivity index (χ4n) is 2.54. The fourth-order valence-corrected chi connectivity index (χ4v) is 3.73. The number of aromatic nitrogens is 1. The maximum atomic E-state index is 13.2. The zero-order valence-electron chi connectivity index (χ0n) is 15.2. The van der Waals surface area contributed by atoms with Gasteiger partial charge in [-0.1, -0.05) is 29.8 Å². The quantitative estimate of drug-likeness (QED) is 0.658. The summed E-state index contributed by atoms with van der Waals surface area (Å²) in [5.41, 5.74) is 1.80. The highest BCUT2D eigenvalue weighted by atomic mass is 35.5. The minimum absolute atomic E-state index is 0.164. The standard InChI is InChI=1S/C20H17ClFN3O2S/c1-12-18(28-19(23-12)13-6-8-14(21)9-7-13)20(27)25(2)11-17(26)24-16-5-3-4-15(22)10-16/h3-10H,11H2,1-2H3,(H,24,26). The maximum Gasteiger partial charge on any atom is 0.266 e. The normalized spacial score (nSPS) is 10.6. The lowest BCUT2D eigenvalue weighted by molar-refractivity contribution is -0.116. The topological polar surface area (TPSA) is 62.3 Å². The molecule has 0 atom stereocenters. The average molecular weight is 418 g/mol. The van der Waals surface area contributed by atoms with Gasteiger partial charge in [-0.25, -0.2) is 9.37 Å². The third-order valence-electron chi connectivity index (χ3n) is 3.92. The molecule has 0 saturated heterocycles. The van der Waals surface area contributed by atoms with E-state index < -0.39 is 11.7 Å². The molecule has 3 aromatic rings. The highest BCUT2D eigenvalue weighted by Crippen LogP contribution is 2.29. The summed E-state index contributed by atoms with van der Waals surface area (Å²) in [6, 6.07) is 12.8. The number of amides is 2. The van der Waals surface area contributed by atoms with Crippen molar-refractivity contribution in [1.29, 1.82) is 0 Å². The number of hydrogen-bond donors (Lipinski definition) is 1. The number of nitrogens with zero attached hydrogens (tertiary/aromatic N) is 2. The number of benzene rings is 2. The SMILES string of the molecule is Cc1nc(-c2ccc(Cl)cc2)sc1C(=O)N(C)CC(=O)Nc1cccc(F)c1. The van der Waals surface area contributed by atoms with Crippen LogP contribution in [-0.2, 0) is 4.79 Å². The summed E-state index contributed by atoms with van der Waals surface area (Å²) in [6.45, 7) is 1.59. The van der Waals surface area contributed by atoms with Gasteiger partial charge in [-0.3, -0.25) is 9.59 Å². The van der Waals surface area contributed by atoms with Crippen molar-refractivity contribution in [2.45, 2.75) is 6.92 Å². The molecule has 0 fully saturated rings. The van der Waals surface area contributed by atoms with Crippen molar-refractivity contribution in [3.05, 3.63) is 69.9 Å². The van der Waals surface area contributed by atoms with Crippen LogP contribution in [0.2, 0.25) is 5.02 Å². The van der Waals surface area contributed by atoms with Gasteiger partial charge in [0.25, 0.3) is 5.91 Å².